The zero-order valence-corrected chi connectivity index (χ0v) is 9.38. The van der Waals surface area contributed by atoms with Gasteiger partial charge in [0.25, 0.3) is 5.78 Å². The van der Waals surface area contributed by atoms with Crippen LogP contribution in [0.2, 0.25) is 0 Å². The number of rotatable bonds is 4. The van der Waals surface area contributed by atoms with Gasteiger partial charge >= 0.3 is 0 Å². The van der Waals surface area contributed by atoms with Crippen molar-refractivity contribution in [3.63, 3.8) is 0 Å². The number of nitrogens with two attached hydrogens (primary N) is 1. The summed E-state index contributed by atoms with van der Waals surface area (Å²) in [5, 5.41) is 4.14. The van der Waals surface area contributed by atoms with Crippen molar-refractivity contribution >= 4 is 17.4 Å². The Labute approximate surface area is 93.3 Å². The topological polar surface area (TPSA) is 84.4 Å². The highest BCUT2D eigenvalue weighted by Gasteiger charge is 2.11. The summed E-state index contributed by atoms with van der Waals surface area (Å²) in [6.07, 6.45) is 1.48. The molecule has 0 saturated carbocycles. The number of nitrogens with zero attached hydrogens (tertiary/aromatic N) is 5. The molecule has 2 aromatic heterocycles. The molecule has 0 radical (unpaired) electrons. The van der Waals surface area contributed by atoms with Crippen molar-refractivity contribution in [2.75, 3.05) is 23.4 Å². The van der Waals surface area contributed by atoms with Crippen LogP contribution in [0.15, 0.2) is 12.4 Å². The third-order valence-electron chi connectivity index (χ3n) is 2.47. The molecule has 2 rings (SSSR count). The molecule has 0 spiro atoms. The zero-order valence-electron chi connectivity index (χ0n) is 9.38. The molecule has 7 heteroatoms. The molecule has 0 aromatic carbocycles. The summed E-state index contributed by atoms with van der Waals surface area (Å²) in [5.74, 6) is 7.43. The van der Waals surface area contributed by atoms with E-state index in [0.717, 1.165) is 18.9 Å². The first-order valence-electron chi connectivity index (χ1n) is 5.22. The van der Waals surface area contributed by atoms with E-state index in [-0.39, 0.29) is 0 Å². The highest BCUT2D eigenvalue weighted by atomic mass is 15.4. The predicted octanol–water partition coefficient (Wildman–Crippen LogP) is 0.256. The summed E-state index contributed by atoms with van der Waals surface area (Å²) in [7, 11) is 0. The number of fused-ring (bicyclic) bond motifs is 1. The fraction of sp³-hybridized carbons (Fsp3) is 0.444. The molecule has 86 valence electrons. The molecular formula is C9H15N7. The van der Waals surface area contributed by atoms with Crippen LogP contribution in [0.25, 0.3) is 5.78 Å². The zero-order chi connectivity index (χ0) is 11.5. The van der Waals surface area contributed by atoms with Gasteiger partial charge in [-0.1, -0.05) is 0 Å². The Morgan fingerprint density at radius 1 is 1.44 bits per heavy atom. The summed E-state index contributed by atoms with van der Waals surface area (Å²) in [4.78, 5) is 10.4. The summed E-state index contributed by atoms with van der Waals surface area (Å²) in [5.41, 5.74) is 2.53. The Kier molecular flexibility index (Phi) is 2.86. The smallest absolute Gasteiger partial charge is 0.256 e. The van der Waals surface area contributed by atoms with Crippen LogP contribution in [0, 0.1) is 0 Å². The van der Waals surface area contributed by atoms with Crippen LogP contribution in [-0.2, 0) is 0 Å². The van der Waals surface area contributed by atoms with Crippen molar-refractivity contribution < 1.29 is 0 Å². The van der Waals surface area contributed by atoms with Crippen LogP contribution in [-0.4, -0.2) is 32.7 Å². The van der Waals surface area contributed by atoms with Crippen LogP contribution < -0.4 is 16.2 Å². The van der Waals surface area contributed by atoms with E-state index in [2.05, 4.69) is 39.2 Å². The summed E-state index contributed by atoms with van der Waals surface area (Å²) in [6.45, 7) is 5.95. The molecule has 0 saturated heterocycles. The third kappa shape index (κ3) is 1.65. The Balaban J connectivity index is 2.60. The molecule has 0 aliphatic carbocycles. The fourth-order valence-electron chi connectivity index (χ4n) is 1.64. The van der Waals surface area contributed by atoms with Crippen molar-refractivity contribution in [2.45, 2.75) is 13.8 Å². The lowest BCUT2D eigenvalue weighted by Crippen LogP contribution is -2.25. The summed E-state index contributed by atoms with van der Waals surface area (Å²) >= 11 is 0. The second kappa shape index (κ2) is 4.31. The summed E-state index contributed by atoms with van der Waals surface area (Å²) in [6, 6.07) is 1.86. The maximum Gasteiger partial charge on any atom is 0.256 e. The Morgan fingerprint density at radius 2 is 2.19 bits per heavy atom. The second-order valence-corrected chi connectivity index (χ2v) is 3.29. The molecule has 0 fully saturated rings. The largest absolute Gasteiger partial charge is 0.357 e. The monoisotopic (exact) mass is 221 g/mol. The van der Waals surface area contributed by atoms with E-state index < -0.39 is 0 Å². The van der Waals surface area contributed by atoms with Crippen LogP contribution in [0.4, 0.5) is 11.6 Å². The number of nitrogens with one attached hydrogen (secondary N) is 1. The van der Waals surface area contributed by atoms with Gasteiger partial charge in [-0.3, -0.25) is 0 Å². The lowest BCUT2D eigenvalue weighted by molar-refractivity contribution is 0.800. The fourth-order valence-corrected chi connectivity index (χ4v) is 1.64. The second-order valence-electron chi connectivity index (χ2n) is 3.29. The minimum atomic E-state index is 0.539. The molecule has 0 atom stereocenters. The third-order valence-corrected chi connectivity index (χ3v) is 2.47. The quantitative estimate of drug-likeness (QED) is 0.569. The molecule has 0 bridgehead atoms. The number of aromatic nitrogens is 4. The van der Waals surface area contributed by atoms with Gasteiger partial charge < -0.3 is 10.3 Å². The van der Waals surface area contributed by atoms with Crippen molar-refractivity contribution in [3.05, 3.63) is 12.4 Å². The predicted molar refractivity (Wildman–Crippen MR) is 62.2 cm³/mol. The molecule has 0 aliphatic rings. The molecule has 0 unspecified atom stereocenters. The maximum atomic E-state index is 5.37. The average molecular weight is 221 g/mol. The lowest BCUT2D eigenvalue weighted by Gasteiger charge is -2.21. The normalized spacial score (nSPS) is 10.7. The van der Waals surface area contributed by atoms with Gasteiger partial charge in [-0.2, -0.15) is 19.6 Å². The maximum absolute atomic E-state index is 5.37. The van der Waals surface area contributed by atoms with E-state index >= 15 is 0 Å². The molecule has 7 nitrogen and oxygen atoms in total. The molecule has 16 heavy (non-hydrogen) atoms. The molecular weight excluding hydrogens is 206 g/mol. The average Bonchev–Trinajstić information content (AvgIpc) is 2.78. The SMILES string of the molecule is CCN(CC)c1cc(NN)nc2ncnn12. The van der Waals surface area contributed by atoms with Crippen LogP contribution >= 0.6 is 0 Å². The number of anilines is 2. The lowest BCUT2D eigenvalue weighted by atomic mass is 10.4. The first kappa shape index (κ1) is 10.6. The molecule has 2 aromatic rings. The van der Waals surface area contributed by atoms with E-state index in [9.17, 15) is 0 Å². The van der Waals surface area contributed by atoms with Gasteiger partial charge in [0.15, 0.2) is 0 Å². The van der Waals surface area contributed by atoms with Crippen molar-refractivity contribution in [3.8, 4) is 0 Å². The van der Waals surface area contributed by atoms with E-state index in [1.807, 2.05) is 6.07 Å². The highest BCUT2D eigenvalue weighted by Crippen LogP contribution is 2.17. The minimum Gasteiger partial charge on any atom is -0.357 e. The standard InChI is InChI=1S/C9H15N7/c1-3-15(4-2)8-5-7(14-10)13-9-11-6-12-16(8)9/h5-6H,3-4,10H2,1-2H3,(H,11,12,13,14). The van der Waals surface area contributed by atoms with Gasteiger partial charge in [-0.05, 0) is 13.8 Å². The van der Waals surface area contributed by atoms with Crippen LogP contribution in [0.5, 0.6) is 0 Å². The van der Waals surface area contributed by atoms with Crippen molar-refractivity contribution in [1.82, 2.24) is 19.6 Å². The van der Waals surface area contributed by atoms with Gasteiger partial charge in [0, 0.05) is 19.2 Å². The van der Waals surface area contributed by atoms with Gasteiger partial charge in [-0.25, -0.2) is 5.84 Å². The van der Waals surface area contributed by atoms with Gasteiger partial charge in [0.1, 0.15) is 18.0 Å². The highest BCUT2D eigenvalue weighted by molar-refractivity contribution is 5.54. The summed E-state index contributed by atoms with van der Waals surface area (Å²) < 4.78 is 1.70. The van der Waals surface area contributed by atoms with Crippen LogP contribution in [0.3, 0.4) is 0 Å². The van der Waals surface area contributed by atoms with Gasteiger partial charge in [0.2, 0.25) is 0 Å². The molecule has 2 heterocycles. The number of hydrazine groups is 1. The molecule has 0 amide bonds. The first-order chi connectivity index (χ1) is 7.80. The minimum absolute atomic E-state index is 0.539. The number of nitrogen functional groups attached to an aromatic ring is 1. The van der Waals surface area contributed by atoms with E-state index in [0.29, 0.717) is 11.6 Å². The Morgan fingerprint density at radius 3 is 2.81 bits per heavy atom. The molecule has 0 aliphatic heterocycles. The Hall–Kier alpha value is -1.89. The van der Waals surface area contributed by atoms with E-state index in [1.54, 1.807) is 4.52 Å². The Bertz CT molecular complexity index is 474. The number of hydrogen-bond acceptors (Lipinski definition) is 6. The van der Waals surface area contributed by atoms with Crippen molar-refractivity contribution in [2.24, 2.45) is 5.84 Å². The van der Waals surface area contributed by atoms with Crippen LogP contribution in [0.1, 0.15) is 13.8 Å². The van der Waals surface area contributed by atoms with Gasteiger partial charge in [0.05, 0.1) is 0 Å². The van der Waals surface area contributed by atoms with E-state index in [4.69, 9.17) is 5.84 Å². The van der Waals surface area contributed by atoms with Crippen molar-refractivity contribution in [1.29, 1.82) is 0 Å². The first-order valence-corrected chi connectivity index (χ1v) is 5.22. The van der Waals surface area contributed by atoms with E-state index in [1.165, 1.54) is 6.33 Å². The molecule has 3 N–H and O–H groups in total. The number of hydrogen-bond donors (Lipinski definition) is 2. The van der Waals surface area contributed by atoms with Gasteiger partial charge in [-0.15, -0.1) is 0 Å².